The summed E-state index contributed by atoms with van der Waals surface area (Å²) in [4.78, 5) is 2.60. The van der Waals surface area contributed by atoms with Crippen LogP contribution < -0.4 is 5.32 Å². The summed E-state index contributed by atoms with van der Waals surface area (Å²) in [5.41, 5.74) is 1.45. The molecule has 118 valence electrons. The molecule has 3 atom stereocenters. The Labute approximate surface area is 134 Å². The van der Waals surface area contributed by atoms with Crippen LogP contribution in [-0.2, 0) is 6.54 Å². The number of allylic oxidation sites excluding steroid dienone is 2. The molecule has 2 nitrogen and oxygen atoms in total. The lowest BCUT2D eigenvalue weighted by molar-refractivity contribution is 0.186. The Morgan fingerprint density at radius 3 is 2.50 bits per heavy atom. The molecule has 1 aromatic carbocycles. The highest BCUT2D eigenvalue weighted by molar-refractivity contribution is 5.14. The van der Waals surface area contributed by atoms with Gasteiger partial charge < -0.3 is 5.32 Å². The van der Waals surface area contributed by atoms with Crippen LogP contribution in [0.3, 0.4) is 0 Å². The van der Waals surface area contributed by atoms with E-state index >= 15 is 0 Å². The molecular formula is C20H28N2. The zero-order valence-electron chi connectivity index (χ0n) is 13.5. The number of piperidine rings is 1. The van der Waals surface area contributed by atoms with E-state index < -0.39 is 0 Å². The molecule has 2 bridgehead atoms. The van der Waals surface area contributed by atoms with Gasteiger partial charge in [0, 0.05) is 12.6 Å². The van der Waals surface area contributed by atoms with Crippen molar-refractivity contribution in [3.63, 3.8) is 0 Å². The first-order chi connectivity index (χ1) is 10.9. The monoisotopic (exact) mass is 296 g/mol. The third kappa shape index (κ3) is 3.28. The molecule has 0 amide bonds. The van der Waals surface area contributed by atoms with Gasteiger partial charge in [0.2, 0.25) is 0 Å². The summed E-state index contributed by atoms with van der Waals surface area (Å²) in [5, 5.41) is 3.87. The van der Waals surface area contributed by atoms with Gasteiger partial charge in [-0.05, 0) is 68.6 Å². The van der Waals surface area contributed by atoms with E-state index in [0.29, 0.717) is 0 Å². The molecule has 0 unspecified atom stereocenters. The third-order valence-electron chi connectivity index (χ3n) is 5.92. The first-order valence-electron chi connectivity index (χ1n) is 9.05. The number of hydrogen-bond donors (Lipinski definition) is 1. The highest BCUT2D eigenvalue weighted by Gasteiger charge is 2.35. The van der Waals surface area contributed by atoms with E-state index in [1.165, 1.54) is 50.9 Å². The second-order valence-electron chi connectivity index (χ2n) is 7.48. The fourth-order valence-electron chi connectivity index (χ4n) is 4.58. The maximum atomic E-state index is 3.87. The minimum absolute atomic E-state index is 0.745. The lowest BCUT2D eigenvalue weighted by atomic mass is 9.93. The summed E-state index contributed by atoms with van der Waals surface area (Å²) >= 11 is 0. The molecule has 1 saturated heterocycles. The molecule has 3 aliphatic rings. The Balaban J connectivity index is 1.19. The Morgan fingerprint density at radius 2 is 1.82 bits per heavy atom. The Bertz CT molecular complexity index is 502. The van der Waals surface area contributed by atoms with Crippen molar-refractivity contribution in [3.8, 4) is 0 Å². The summed E-state index contributed by atoms with van der Waals surface area (Å²) < 4.78 is 0. The van der Waals surface area contributed by atoms with Gasteiger partial charge in [-0.2, -0.15) is 0 Å². The van der Waals surface area contributed by atoms with E-state index in [0.717, 1.165) is 30.3 Å². The van der Waals surface area contributed by atoms with Crippen molar-refractivity contribution in [1.29, 1.82) is 0 Å². The second kappa shape index (κ2) is 6.55. The fraction of sp³-hybridized carbons (Fsp3) is 0.600. The highest BCUT2D eigenvalue weighted by Crippen LogP contribution is 2.43. The van der Waals surface area contributed by atoms with Crippen LogP contribution in [0.15, 0.2) is 42.5 Å². The van der Waals surface area contributed by atoms with Crippen molar-refractivity contribution in [2.45, 2.75) is 38.3 Å². The molecule has 0 spiro atoms. The van der Waals surface area contributed by atoms with Crippen LogP contribution in [0.2, 0.25) is 0 Å². The molecule has 22 heavy (non-hydrogen) atoms. The summed E-state index contributed by atoms with van der Waals surface area (Å²) in [7, 11) is 0. The van der Waals surface area contributed by atoms with Gasteiger partial charge in [0.1, 0.15) is 0 Å². The lowest BCUT2D eigenvalue weighted by Crippen LogP contribution is -2.43. The third-order valence-corrected chi connectivity index (χ3v) is 5.92. The number of rotatable bonds is 5. The number of benzene rings is 1. The van der Waals surface area contributed by atoms with Gasteiger partial charge in [-0.3, -0.25) is 4.90 Å². The number of fused-ring (bicyclic) bond motifs is 2. The molecule has 4 rings (SSSR count). The van der Waals surface area contributed by atoms with E-state index in [4.69, 9.17) is 0 Å². The number of hydrogen-bond acceptors (Lipinski definition) is 2. The van der Waals surface area contributed by atoms with Crippen molar-refractivity contribution in [1.82, 2.24) is 10.2 Å². The van der Waals surface area contributed by atoms with Crippen LogP contribution in [0.4, 0.5) is 0 Å². The molecule has 1 aliphatic heterocycles. The van der Waals surface area contributed by atoms with E-state index in [1.807, 2.05) is 0 Å². The average molecular weight is 296 g/mol. The minimum atomic E-state index is 0.745. The minimum Gasteiger partial charge on any atom is -0.314 e. The average Bonchev–Trinajstić information content (AvgIpc) is 3.18. The van der Waals surface area contributed by atoms with Gasteiger partial charge in [0.05, 0.1) is 0 Å². The molecule has 1 aromatic rings. The molecule has 0 radical (unpaired) electrons. The van der Waals surface area contributed by atoms with Crippen LogP contribution in [0, 0.1) is 17.8 Å². The lowest BCUT2D eigenvalue weighted by Gasteiger charge is -2.33. The predicted octanol–water partition coefficient (Wildman–Crippen LogP) is 3.45. The maximum absolute atomic E-state index is 3.87. The summed E-state index contributed by atoms with van der Waals surface area (Å²) in [6.07, 6.45) is 10.4. The summed E-state index contributed by atoms with van der Waals surface area (Å²) in [5.74, 6) is 2.71. The number of nitrogens with one attached hydrogen (secondary N) is 1. The normalized spacial score (nSPS) is 31.9. The molecule has 0 aromatic heterocycles. The van der Waals surface area contributed by atoms with E-state index in [-0.39, 0.29) is 0 Å². The Morgan fingerprint density at radius 1 is 1.00 bits per heavy atom. The van der Waals surface area contributed by atoms with Crippen molar-refractivity contribution in [3.05, 3.63) is 48.0 Å². The first kappa shape index (κ1) is 14.5. The smallest absolute Gasteiger partial charge is 0.0233 e. The van der Waals surface area contributed by atoms with Gasteiger partial charge in [0.25, 0.3) is 0 Å². The van der Waals surface area contributed by atoms with Gasteiger partial charge in [-0.25, -0.2) is 0 Å². The van der Waals surface area contributed by atoms with Crippen molar-refractivity contribution in [2.24, 2.45) is 17.8 Å². The van der Waals surface area contributed by atoms with E-state index in [2.05, 4.69) is 52.7 Å². The molecular weight excluding hydrogens is 268 g/mol. The molecule has 2 aliphatic carbocycles. The zero-order valence-corrected chi connectivity index (χ0v) is 13.5. The number of nitrogens with zero attached hydrogens (tertiary/aromatic N) is 1. The molecule has 2 heteroatoms. The van der Waals surface area contributed by atoms with E-state index in [9.17, 15) is 0 Å². The van der Waals surface area contributed by atoms with Crippen molar-refractivity contribution in [2.75, 3.05) is 19.6 Å². The van der Waals surface area contributed by atoms with Gasteiger partial charge in [0.15, 0.2) is 0 Å². The molecule has 1 heterocycles. The molecule has 1 N–H and O–H groups in total. The first-order valence-corrected chi connectivity index (χ1v) is 9.05. The highest BCUT2D eigenvalue weighted by atomic mass is 15.1. The molecule has 2 fully saturated rings. The van der Waals surface area contributed by atoms with Crippen LogP contribution in [-0.4, -0.2) is 30.6 Å². The quantitative estimate of drug-likeness (QED) is 0.837. The zero-order chi connectivity index (χ0) is 14.8. The fourth-order valence-corrected chi connectivity index (χ4v) is 4.58. The Hall–Kier alpha value is -1.12. The SMILES string of the molecule is C1=C[C@H]2C[C@H]1C[C@@H]2CNC1CCN(Cc2ccccc2)CC1. The Kier molecular flexibility index (Phi) is 4.31. The largest absolute Gasteiger partial charge is 0.314 e. The van der Waals surface area contributed by atoms with Crippen LogP contribution in [0.5, 0.6) is 0 Å². The standard InChI is InChI=1S/C20H28N2/c1-2-4-16(5-3-1)15-22-10-8-20(9-11-22)21-14-19-13-17-6-7-18(19)12-17/h1-7,17-21H,8-15H2/t17-,18-,19+/m0/s1. The van der Waals surface area contributed by atoms with Gasteiger partial charge in [-0.1, -0.05) is 42.5 Å². The number of likely N-dealkylation sites (tertiary alicyclic amines) is 1. The van der Waals surface area contributed by atoms with E-state index in [1.54, 1.807) is 0 Å². The molecule has 1 saturated carbocycles. The van der Waals surface area contributed by atoms with Gasteiger partial charge in [-0.15, -0.1) is 0 Å². The second-order valence-corrected chi connectivity index (χ2v) is 7.48. The topological polar surface area (TPSA) is 15.3 Å². The predicted molar refractivity (Wildman–Crippen MR) is 91.6 cm³/mol. The van der Waals surface area contributed by atoms with Crippen LogP contribution >= 0.6 is 0 Å². The maximum Gasteiger partial charge on any atom is 0.0233 e. The van der Waals surface area contributed by atoms with Crippen molar-refractivity contribution < 1.29 is 0 Å². The van der Waals surface area contributed by atoms with Gasteiger partial charge >= 0.3 is 0 Å². The van der Waals surface area contributed by atoms with Crippen LogP contribution in [0.25, 0.3) is 0 Å². The van der Waals surface area contributed by atoms with Crippen molar-refractivity contribution >= 4 is 0 Å². The van der Waals surface area contributed by atoms with Crippen LogP contribution in [0.1, 0.15) is 31.2 Å². The summed E-state index contributed by atoms with van der Waals surface area (Å²) in [6.45, 7) is 4.84. The summed E-state index contributed by atoms with van der Waals surface area (Å²) in [6, 6.07) is 11.6.